The highest BCUT2D eigenvalue weighted by molar-refractivity contribution is 8.02. The number of H-pyrrole nitrogens is 1. The number of rotatable bonds is 5. The second-order valence-electron chi connectivity index (χ2n) is 4.05. The minimum absolute atomic E-state index is 0.0000112. The van der Waals surface area contributed by atoms with Crippen LogP contribution in [0.15, 0.2) is 0 Å². The van der Waals surface area contributed by atoms with Crippen molar-refractivity contribution in [3.63, 3.8) is 0 Å². The van der Waals surface area contributed by atoms with Crippen molar-refractivity contribution in [1.82, 2.24) is 15.2 Å². The molecule has 0 saturated carbocycles. The second kappa shape index (κ2) is 5.78. The maximum atomic E-state index is 11.6. The van der Waals surface area contributed by atoms with Gasteiger partial charge in [0.25, 0.3) is 0 Å². The van der Waals surface area contributed by atoms with Crippen LogP contribution in [-0.2, 0) is 14.6 Å². The molecule has 1 fully saturated rings. The molecule has 1 unspecified atom stereocenters. The Kier molecular flexibility index (Phi) is 4.30. The number of amides is 1. The van der Waals surface area contributed by atoms with Gasteiger partial charge in [0, 0.05) is 5.25 Å². The third kappa shape index (κ3) is 4.10. The Morgan fingerprint density at radius 1 is 1.63 bits per heavy atom. The maximum Gasteiger partial charge on any atom is 0.336 e. The van der Waals surface area contributed by atoms with Crippen LogP contribution >= 0.6 is 11.8 Å². The number of sulfone groups is 1. The molecule has 1 amide bonds. The second-order valence-corrected chi connectivity index (χ2v) is 7.57. The summed E-state index contributed by atoms with van der Waals surface area (Å²) in [6.07, 6.45) is 0.608. The molecule has 1 aliphatic heterocycles. The topological polar surface area (TPSA) is 114 Å². The van der Waals surface area contributed by atoms with E-state index < -0.39 is 9.84 Å². The lowest BCUT2D eigenvalue weighted by Gasteiger charge is -2.06. The van der Waals surface area contributed by atoms with Crippen LogP contribution in [0.1, 0.15) is 6.42 Å². The van der Waals surface area contributed by atoms with Gasteiger partial charge in [0.15, 0.2) is 9.84 Å². The van der Waals surface area contributed by atoms with E-state index in [0.29, 0.717) is 6.42 Å². The maximum absolute atomic E-state index is 11.6. The van der Waals surface area contributed by atoms with Crippen molar-refractivity contribution in [1.29, 1.82) is 0 Å². The number of hydrogen-bond acceptors (Lipinski definition) is 7. The average Bonchev–Trinajstić information content (AvgIpc) is 2.93. The summed E-state index contributed by atoms with van der Waals surface area (Å²) in [5.41, 5.74) is 0. The van der Waals surface area contributed by atoms with Gasteiger partial charge in [-0.2, -0.15) is 4.98 Å². The molecule has 0 radical (unpaired) electrons. The predicted octanol–water partition coefficient (Wildman–Crippen LogP) is -0.328. The van der Waals surface area contributed by atoms with Crippen LogP contribution in [-0.4, -0.2) is 59.1 Å². The van der Waals surface area contributed by atoms with Crippen molar-refractivity contribution in [3.05, 3.63) is 0 Å². The van der Waals surface area contributed by atoms with Crippen LogP contribution in [0.2, 0.25) is 0 Å². The molecule has 0 aromatic carbocycles. The fourth-order valence-electron chi connectivity index (χ4n) is 1.65. The minimum atomic E-state index is -2.90. The molecule has 8 nitrogen and oxygen atoms in total. The van der Waals surface area contributed by atoms with Crippen LogP contribution in [0.4, 0.5) is 5.95 Å². The summed E-state index contributed by atoms with van der Waals surface area (Å²) in [6.45, 7) is 0. The van der Waals surface area contributed by atoms with E-state index in [-0.39, 0.29) is 40.4 Å². The number of ether oxygens (including phenoxy) is 1. The smallest absolute Gasteiger partial charge is 0.336 e. The lowest BCUT2D eigenvalue weighted by Crippen LogP contribution is -2.18. The minimum Gasteiger partial charge on any atom is -0.466 e. The predicted molar refractivity (Wildman–Crippen MR) is 71.1 cm³/mol. The standard InChI is InChI=1S/C9H14N4O4S2/c1-17-9-11-8(12-13-9)10-7(14)4-18-6-2-3-19(15,16)5-6/h6H,2-5H2,1H3,(H2,10,11,12,13,14). The Morgan fingerprint density at radius 3 is 3.00 bits per heavy atom. The van der Waals surface area contributed by atoms with E-state index in [9.17, 15) is 13.2 Å². The van der Waals surface area contributed by atoms with E-state index >= 15 is 0 Å². The van der Waals surface area contributed by atoms with E-state index in [1.807, 2.05) is 0 Å². The Labute approximate surface area is 114 Å². The van der Waals surface area contributed by atoms with Crippen LogP contribution in [0.5, 0.6) is 6.01 Å². The quantitative estimate of drug-likeness (QED) is 0.765. The number of anilines is 1. The van der Waals surface area contributed by atoms with Crippen molar-refractivity contribution in [2.75, 3.05) is 29.7 Å². The third-order valence-electron chi connectivity index (χ3n) is 2.55. The first-order valence-corrected chi connectivity index (χ1v) is 8.44. The molecule has 2 N–H and O–H groups in total. The zero-order valence-corrected chi connectivity index (χ0v) is 11.9. The zero-order chi connectivity index (χ0) is 13.9. The largest absolute Gasteiger partial charge is 0.466 e. The van der Waals surface area contributed by atoms with E-state index in [4.69, 9.17) is 4.74 Å². The number of methoxy groups -OCH3 is 1. The molecule has 0 aliphatic carbocycles. The first-order valence-electron chi connectivity index (χ1n) is 5.57. The number of nitrogens with one attached hydrogen (secondary N) is 2. The number of aromatic amines is 1. The third-order valence-corrected chi connectivity index (χ3v) is 5.83. The van der Waals surface area contributed by atoms with Gasteiger partial charge in [-0.3, -0.25) is 10.1 Å². The lowest BCUT2D eigenvalue weighted by atomic mass is 10.4. The van der Waals surface area contributed by atoms with Crippen LogP contribution < -0.4 is 10.1 Å². The summed E-state index contributed by atoms with van der Waals surface area (Å²) in [4.78, 5) is 15.5. The highest BCUT2D eigenvalue weighted by atomic mass is 32.2. The van der Waals surface area contributed by atoms with Gasteiger partial charge in [-0.1, -0.05) is 0 Å². The normalized spacial score (nSPS) is 21.2. The van der Waals surface area contributed by atoms with Crippen LogP contribution in [0.25, 0.3) is 0 Å². The van der Waals surface area contributed by atoms with Crippen LogP contribution in [0.3, 0.4) is 0 Å². The number of aromatic nitrogens is 3. The van der Waals surface area contributed by atoms with Crippen molar-refractivity contribution in [2.45, 2.75) is 11.7 Å². The average molecular weight is 306 g/mol. The molecule has 106 valence electrons. The molecule has 2 heterocycles. The number of thioether (sulfide) groups is 1. The number of hydrogen-bond donors (Lipinski definition) is 2. The Balaban J connectivity index is 1.76. The fraction of sp³-hybridized carbons (Fsp3) is 0.667. The highest BCUT2D eigenvalue weighted by Gasteiger charge is 2.28. The molecule has 0 bridgehead atoms. The van der Waals surface area contributed by atoms with E-state index in [0.717, 1.165) is 0 Å². The van der Waals surface area contributed by atoms with Gasteiger partial charge in [-0.05, 0) is 6.42 Å². The molecule has 1 atom stereocenters. The zero-order valence-electron chi connectivity index (χ0n) is 10.2. The molecule has 1 saturated heterocycles. The number of carbonyl (C=O) groups excluding carboxylic acids is 1. The van der Waals surface area contributed by atoms with Crippen molar-refractivity contribution in [2.24, 2.45) is 0 Å². The van der Waals surface area contributed by atoms with Gasteiger partial charge < -0.3 is 4.74 Å². The molecule has 1 aromatic heterocycles. The fourth-order valence-corrected chi connectivity index (χ4v) is 5.09. The Morgan fingerprint density at radius 2 is 2.42 bits per heavy atom. The molecule has 19 heavy (non-hydrogen) atoms. The Bertz CT molecular complexity index is 556. The SMILES string of the molecule is COc1n[nH]c(NC(=O)CSC2CCS(=O)(=O)C2)n1. The monoisotopic (exact) mass is 306 g/mol. The lowest BCUT2D eigenvalue weighted by molar-refractivity contribution is -0.113. The summed E-state index contributed by atoms with van der Waals surface area (Å²) in [5.74, 6) is 0.505. The van der Waals surface area contributed by atoms with Gasteiger partial charge in [-0.25, -0.2) is 13.5 Å². The van der Waals surface area contributed by atoms with Gasteiger partial charge in [-0.15, -0.1) is 16.9 Å². The first kappa shape index (κ1) is 14.1. The molecule has 2 rings (SSSR count). The summed E-state index contributed by atoms with van der Waals surface area (Å²) in [7, 11) is -1.48. The summed E-state index contributed by atoms with van der Waals surface area (Å²) in [6, 6.07) is 0.143. The van der Waals surface area contributed by atoms with Crippen molar-refractivity contribution >= 4 is 33.5 Å². The van der Waals surface area contributed by atoms with E-state index in [2.05, 4.69) is 20.5 Å². The molecule has 10 heteroatoms. The van der Waals surface area contributed by atoms with Gasteiger partial charge in [0.05, 0.1) is 24.4 Å². The van der Waals surface area contributed by atoms with Crippen molar-refractivity contribution < 1.29 is 17.9 Å². The molecule has 0 spiro atoms. The van der Waals surface area contributed by atoms with Crippen LogP contribution in [0, 0.1) is 0 Å². The van der Waals surface area contributed by atoms with E-state index in [1.54, 1.807) is 0 Å². The Hall–Kier alpha value is -1.29. The van der Waals surface area contributed by atoms with Crippen molar-refractivity contribution in [3.8, 4) is 6.01 Å². The first-order chi connectivity index (χ1) is 8.98. The number of nitrogens with zero attached hydrogens (tertiary/aromatic N) is 2. The molecular formula is C9H14N4O4S2. The molecular weight excluding hydrogens is 292 g/mol. The highest BCUT2D eigenvalue weighted by Crippen LogP contribution is 2.24. The van der Waals surface area contributed by atoms with E-state index in [1.165, 1.54) is 18.9 Å². The van der Waals surface area contributed by atoms with Gasteiger partial charge >= 0.3 is 6.01 Å². The molecule has 1 aromatic rings. The number of carbonyl (C=O) groups is 1. The summed E-state index contributed by atoms with van der Waals surface area (Å²) < 4.78 is 27.3. The summed E-state index contributed by atoms with van der Waals surface area (Å²) in [5, 5.41) is 8.71. The van der Waals surface area contributed by atoms with Gasteiger partial charge in [0.1, 0.15) is 0 Å². The molecule has 1 aliphatic rings. The van der Waals surface area contributed by atoms with Gasteiger partial charge in [0.2, 0.25) is 11.9 Å². The summed E-state index contributed by atoms with van der Waals surface area (Å²) >= 11 is 1.34.